The number of esters is 2. The van der Waals surface area contributed by atoms with Crippen molar-refractivity contribution in [2.75, 3.05) is 27.4 Å². The van der Waals surface area contributed by atoms with E-state index in [0.717, 1.165) is 0 Å². The first-order chi connectivity index (χ1) is 8.99. The van der Waals surface area contributed by atoms with Gasteiger partial charge in [0.05, 0.1) is 6.61 Å². The van der Waals surface area contributed by atoms with E-state index in [1.165, 1.54) is 28.1 Å². The monoisotopic (exact) mass is 276 g/mol. The average Bonchev–Trinajstić information content (AvgIpc) is 2.35. The molecule has 0 bridgehead atoms. The van der Waals surface area contributed by atoms with Crippen LogP contribution in [0.25, 0.3) is 0 Å². The van der Waals surface area contributed by atoms with Crippen molar-refractivity contribution >= 4 is 11.9 Å². The molecule has 7 nitrogen and oxygen atoms in total. The second-order valence-electron chi connectivity index (χ2n) is 4.22. The molecule has 1 fully saturated rings. The molecule has 110 valence electrons. The van der Waals surface area contributed by atoms with E-state index in [-0.39, 0.29) is 13.2 Å². The molecule has 0 aromatic rings. The van der Waals surface area contributed by atoms with E-state index < -0.39 is 36.4 Å². The molecule has 7 heteroatoms. The molecule has 1 rings (SSSR count). The number of carbonyl (C=O) groups excluding carboxylic acids is 2. The molecule has 0 aliphatic carbocycles. The fourth-order valence-electron chi connectivity index (χ4n) is 2.00. The average molecular weight is 276 g/mol. The first-order valence-electron chi connectivity index (χ1n) is 5.97. The molecule has 0 unspecified atom stereocenters. The highest BCUT2D eigenvalue weighted by atomic mass is 16.6. The largest absolute Gasteiger partial charge is 0.463 e. The zero-order chi connectivity index (χ0) is 14.4. The van der Waals surface area contributed by atoms with Gasteiger partial charge in [0.2, 0.25) is 0 Å². The number of ether oxygens (including phenoxy) is 5. The number of hydrogen-bond donors (Lipinski definition) is 0. The van der Waals surface area contributed by atoms with E-state index in [1.54, 1.807) is 0 Å². The number of rotatable bonds is 5. The van der Waals surface area contributed by atoms with Gasteiger partial charge in [-0.3, -0.25) is 9.59 Å². The normalized spacial score (nSPS) is 30.7. The molecule has 1 heterocycles. The molecule has 19 heavy (non-hydrogen) atoms. The lowest BCUT2D eigenvalue weighted by Gasteiger charge is -2.40. The van der Waals surface area contributed by atoms with Crippen LogP contribution in [0, 0.1) is 0 Å². The van der Waals surface area contributed by atoms with Gasteiger partial charge in [0.25, 0.3) is 0 Å². The summed E-state index contributed by atoms with van der Waals surface area (Å²) in [5.41, 5.74) is 0. The van der Waals surface area contributed by atoms with Crippen molar-refractivity contribution in [3.8, 4) is 0 Å². The van der Waals surface area contributed by atoms with Gasteiger partial charge in [-0.15, -0.1) is 0 Å². The van der Waals surface area contributed by atoms with Gasteiger partial charge in [-0.25, -0.2) is 0 Å². The highest BCUT2D eigenvalue weighted by Crippen LogP contribution is 2.23. The molecule has 0 aromatic carbocycles. The van der Waals surface area contributed by atoms with Crippen LogP contribution in [0.2, 0.25) is 0 Å². The molecule has 0 amide bonds. The van der Waals surface area contributed by atoms with Crippen molar-refractivity contribution in [2.24, 2.45) is 0 Å². The van der Waals surface area contributed by atoms with Crippen molar-refractivity contribution in [3.05, 3.63) is 0 Å². The van der Waals surface area contributed by atoms with E-state index in [1.807, 2.05) is 0 Å². The third kappa shape index (κ3) is 4.45. The molecule has 0 spiro atoms. The summed E-state index contributed by atoms with van der Waals surface area (Å²) in [6.45, 7) is 2.91. The summed E-state index contributed by atoms with van der Waals surface area (Å²) in [5.74, 6) is -0.835. The van der Waals surface area contributed by atoms with Gasteiger partial charge in [0, 0.05) is 28.1 Å². The Morgan fingerprint density at radius 3 is 2.26 bits per heavy atom. The van der Waals surface area contributed by atoms with E-state index >= 15 is 0 Å². The maximum Gasteiger partial charge on any atom is 0.303 e. The van der Waals surface area contributed by atoms with Crippen LogP contribution >= 0.6 is 0 Å². The smallest absolute Gasteiger partial charge is 0.303 e. The van der Waals surface area contributed by atoms with Crippen molar-refractivity contribution in [3.63, 3.8) is 0 Å². The predicted molar refractivity (Wildman–Crippen MR) is 63.5 cm³/mol. The Kier molecular flexibility index (Phi) is 6.20. The molecule has 0 N–H and O–H groups in total. The molecular formula is C12H20O7. The van der Waals surface area contributed by atoms with E-state index in [2.05, 4.69) is 0 Å². The molecule has 4 atom stereocenters. The third-order valence-electron chi connectivity index (χ3n) is 2.86. The Balaban J connectivity index is 2.75. The topological polar surface area (TPSA) is 80.3 Å². The van der Waals surface area contributed by atoms with Crippen LogP contribution in [0.1, 0.15) is 13.8 Å². The Hall–Kier alpha value is -1.18. The second kappa shape index (κ2) is 7.42. The molecule has 1 aliphatic heterocycles. The molecule has 1 aliphatic rings. The van der Waals surface area contributed by atoms with Gasteiger partial charge in [-0.1, -0.05) is 0 Å². The first-order valence-corrected chi connectivity index (χ1v) is 5.97. The van der Waals surface area contributed by atoms with Crippen LogP contribution in [0.3, 0.4) is 0 Å². The molecule has 0 aromatic heterocycles. The fraction of sp³-hybridized carbons (Fsp3) is 0.833. The molecule has 1 saturated heterocycles. The van der Waals surface area contributed by atoms with Crippen LogP contribution in [-0.2, 0) is 33.3 Å². The van der Waals surface area contributed by atoms with Crippen molar-refractivity contribution < 1.29 is 33.3 Å². The standard InChI is InChI=1S/C12H20O7/c1-7(13)17-6-10-11(16-4)12(19-8(2)14)9(15-3)5-18-10/h9-12H,5-6H2,1-4H3/t9-,10-,11+,12+/m1/s1. The van der Waals surface area contributed by atoms with Crippen molar-refractivity contribution in [1.29, 1.82) is 0 Å². The molecular weight excluding hydrogens is 256 g/mol. The van der Waals surface area contributed by atoms with Gasteiger partial charge < -0.3 is 23.7 Å². The van der Waals surface area contributed by atoms with Crippen molar-refractivity contribution in [2.45, 2.75) is 38.3 Å². The summed E-state index contributed by atoms with van der Waals surface area (Å²) in [6, 6.07) is 0. The van der Waals surface area contributed by atoms with Crippen LogP contribution in [-0.4, -0.2) is 63.8 Å². The summed E-state index contributed by atoms with van der Waals surface area (Å²) in [5, 5.41) is 0. The summed E-state index contributed by atoms with van der Waals surface area (Å²) >= 11 is 0. The minimum absolute atomic E-state index is 0.0437. The lowest BCUT2D eigenvalue weighted by atomic mass is 10.00. The lowest BCUT2D eigenvalue weighted by Crippen LogP contribution is -2.57. The molecule has 0 radical (unpaired) electrons. The summed E-state index contributed by atoms with van der Waals surface area (Å²) in [4.78, 5) is 22.0. The van der Waals surface area contributed by atoms with Gasteiger partial charge in [-0.2, -0.15) is 0 Å². The van der Waals surface area contributed by atoms with Crippen LogP contribution in [0.4, 0.5) is 0 Å². The quantitative estimate of drug-likeness (QED) is 0.649. The number of hydrogen-bond acceptors (Lipinski definition) is 7. The minimum atomic E-state index is -0.596. The summed E-state index contributed by atoms with van der Waals surface area (Å²) in [6.07, 6.45) is -2.06. The molecule has 0 saturated carbocycles. The Morgan fingerprint density at radius 2 is 1.79 bits per heavy atom. The number of carbonyl (C=O) groups is 2. The lowest BCUT2D eigenvalue weighted by molar-refractivity contribution is -0.225. The van der Waals surface area contributed by atoms with E-state index in [9.17, 15) is 9.59 Å². The second-order valence-corrected chi connectivity index (χ2v) is 4.22. The first kappa shape index (κ1) is 15.9. The van der Waals surface area contributed by atoms with E-state index in [4.69, 9.17) is 23.7 Å². The maximum atomic E-state index is 11.1. The minimum Gasteiger partial charge on any atom is -0.463 e. The van der Waals surface area contributed by atoms with E-state index in [0.29, 0.717) is 0 Å². The SMILES string of the molecule is CO[C@@H]1[C@@H](OC(C)=O)[C@H](OC)CO[C@@H]1COC(C)=O. The van der Waals surface area contributed by atoms with Crippen molar-refractivity contribution in [1.82, 2.24) is 0 Å². The third-order valence-corrected chi connectivity index (χ3v) is 2.86. The Bertz CT molecular complexity index is 317. The zero-order valence-corrected chi connectivity index (χ0v) is 11.6. The van der Waals surface area contributed by atoms with Gasteiger partial charge in [0.15, 0.2) is 6.10 Å². The highest BCUT2D eigenvalue weighted by molar-refractivity contribution is 5.66. The van der Waals surface area contributed by atoms with Crippen LogP contribution in [0.5, 0.6) is 0 Å². The van der Waals surface area contributed by atoms with Gasteiger partial charge >= 0.3 is 11.9 Å². The Labute approximate surface area is 112 Å². The highest BCUT2D eigenvalue weighted by Gasteiger charge is 2.43. The maximum absolute atomic E-state index is 11.1. The van der Waals surface area contributed by atoms with Crippen LogP contribution < -0.4 is 0 Å². The summed E-state index contributed by atoms with van der Waals surface area (Å²) < 4.78 is 26.2. The zero-order valence-electron chi connectivity index (χ0n) is 11.6. The Morgan fingerprint density at radius 1 is 1.11 bits per heavy atom. The van der Waals surface area contributed by atoms with Crippen LogP contribution in [0.15, 0.2) is 0 Å². The summed E-state index contributed by atoms with van der Waals surface area (Å²) in [7, 11) is 2.98. The van der Waals surface area contributed by atoms with Gasteiger partial charge in [-0.05, 0) is 0 Å². The predicted octanol–water partition coefficient (Wildman–Crippen LogP) is -0.0900. The number of methoxy groups -OCH3 is 2. The van der Waals surface area contributed by atoms with Gasteiger partial charge in [0.1, 0.15) is 24.9 Å². The fourth-order valence-corrected chi connectivity index (χ4v) is 2.00.